The molecule has 2 N–H and O–H groups in total. The molecule has 1 fully saturated rings. The Bertz CT molecular complexity index is 561. The Balaban J connectivity index is 2.07. The molecule has 3 rings (SSSR count). The predicted molar refractivity (Wildman–Crippen MR) is 68.9 cm³/mol. The summed E-state index contributed by atoms with van der Waals surface area (Å²) in [7, 11) is 0. The zero-order valence-electron chi connectivity index (χ0n) is 9.90. The summed E-state index contributed by atoms with van der Waals surface area (Å²) in [5, 5.41) is 0. The fourth-order valence-electron chi connectivity index (χ4n) is 2.41. The second-order valence-corrected chi connectivity index (χ2v) is 4.71. The number of anilines is 1. The largest absolute Gasteiger partial charge is 0.399 e. The molecular weight excluding hydrogens is 229 g/mol. The van der Waals surface area contributed by atoms with E-state index in [4.69, 9.17) is 10.5 Å². The maximum atomic E-state index is 13.0. The summed E-state index contributed by atoms with van der Waals surface area (Å²) in [4.78, 5) is 0. The van der Waals surface area contributed by atoms with Gasteiger partial charge in [0.2, 0.25) is 0 Å². The highest BCUT2D eigenvalue weighted by Gasteiger charge is 2.42. The Labute approximate surface area is 105 Å². The number of ether oxygens (including phenoxy) is 1. The van der Waals surface area contributed by atoms with Gasteiger partial charge in [0.25, 0.3) is 0 Å². The van der Waals surface area contributed by atoms with Crippen LogP contribution in [0.4, 0.5) is 10.1 Å². The van der Waals surface area contributed by atoms with Gasteiger partial charge in [-0.3, -0.25) is 0 Å². The first-order valence-electron chi connectivity index (χ1n) is 5.90. The van der Waals surface area contributed by atoms with Crippen LogP contribution >= 0.6 is 0 Å². The highest BCUT2D eigenvalue weighted by Crippen LogP contribution is 2.39. The van der Waals surface area contributed by atoms with Gasteiger partial charge in [-0.15, -0.1) is 0 Å². The molecule has 0 spiro atoms. The van der Waals surface area contributed by atoms with Gasteiger partial charge in [0.1, 0.15) is 5.82 Å². The van der Waals surface area contributed by atoms with Crippen LogP contribution in [0.15, 0.2) is 48.5 Å². The zero-order chi connectivity index (χ0) is 12.6. The molecule has 0 aromatic heterocycles. The molecule has 0 atom stereocenters. The summed E-state index contributed by atoms with van der Waals surface area (Å²) in [6.07, 6.45) is 0. The molecule has 0 saturated carbocycles. The first kappa shape index (κ1) is 11.2. The van der Waals surface area contributed by atoms with Gasteiger partial charge in [-0.25, -0.2) is 4.39 Å². The van der Waals surface area contributed by atoms with Crippen LogP contribution in [0, 0.1) is 5.82 Å². The van der Waals surface area contributed by atoms with E-state index in [0.717, 1.165) is 16.8 Å². The number of hydrogen-bond donors (Lipinski definition) is 1. The third-order valence-corrected chi connectivity index (χ3v) is 3.53. The van der Waals surface area contributed by atoms with Crippen molar-refractivity contribution in [1.82, 2.24) is 0 Å². The minimum absolute atomic E-state index is 0.178. The van der Waals surface area contributed by atoms with E-state index < -0.39 is 0 Å². The lowest BCUT2D eigenvalue weighted by molar-refractivity contribution is -0.0379. The van der Waals surface area contributed by atoms with E-state index in [0.29, 0.717) is 13.2 Å². The van der Waals surface area contributed by atoms with Gasteiger partial charge < -0.3 is 10.5 Å². The Morgan fingerprint density at radius 1 is 1.00 bits per heavy atom. The lowest BCUT2D eigenvalue weighted by Crippen LogP contribution is -2.47. The molecular formula is C15H14FNO. The van der Waals surface area contributed by atoms with E-state index in [1.54, 1.807) is 0 Å². The second-order valence-electron chi connectivity index (χ2n) is 4.71. The van der Waals surface area contributed by atoms with Crippen molar-refractivity contribution in [2.24, 2.45) is 0 Å². The van der Waals surface area contributed by atoms with Crippen LogP contribution in [-0.4, -0.2) is 13.2 Å². The molecule has 0 unspecified atom stereocenters. The minimum Gasteiger partial charge on any atom is -0.399 e. The normalized spacial score (nSPS) is 17.2. The molecule has 3 heteroatoms. The molecule has 1 heterocycles. The standard InChI is InChI=1S/C15H14FNO/c16-13-6-4-11(5-7-13)15(9-18-10-15)12-2-1-3-14(17)8-12/h1-8H,9-10,17H2. The molecule has 92 valence electrons. The topological polar surface area (TPSA) is 35.2 Å². The van der Waals surface area contributed by atoms with Crippen molar-refractivity contribution in [3.8, 4) is 0 Å². The summed E-state index contributed by atoms with van der Waals surface area (Å²) >= 11 is 0. The molecule has 0 radical (unpaired) electrons. The average molecular weight is 243 g/mol. The number of nitrogen functional groups attached to an aromatic ring is 1. The highest BCUT2D eigenvalue weighted by molar-refractivity contribution is 5.49. The number of halogens is 1. The van der Waals surface area contributed by atoms with Gasteiger partial charge in [0, 0.05) is 5.69 Å². The summed E-state index contributed by atoms with van der Waals surface area (Å²) < 4.78 is 18.4. The van der Waals surface area contributed by atoms with Crippen LogP contribution in [0.5, 0.6) is 0 Å². The molecule has 1 aliphatic heterocycles. The van der Waals surface area contributed by atoms with Crippen molar-refractivity contribution in [3.63, 3.8) is 0 Å². The third kappa shape index (κ3) is 1.68. The average Bonchev–Trinajstić information content (AvgIpc) is 2.30. The van der Waals surface area contributed by atoms with Gasteiger partial charge >= 0.3 is 0 Å². The number of hydrogen-bond acceptors (Lipinski definition) is 2. The fraction of sp³-hybridized carbons (Fsp3) is 0.200. The van der Waals surface area contributed by atoms with E-state index in [9.17, 15) is 4.39 Å². The molecule has 1 aliphatic rings. The van der Waals surface area contributed by atoms with Crippen molar-refractivity contribution in [2.75, 3.05) is 18.9 Å². The highest BCUT2D eigenvalue weighted by atomic mass is 19.1. The van der Waals surface area contributed by atoms with Gasteiger partial charge in [-0.05, 0) is 35.4 Å². The van der Waals surface area contributed by atoms with Crippen LogP contribution < -0.4 is 5.73 Å². The summed E-state index contributed by atoms with van der Waals surface area (Å²) in [5.41, 5.74) is 8.59. The maximum Gasteiger partial charge on any atom is 0.123 e. The first-order chi connectivity index (χ1) is 8.71. The number of nitrogens with two attached hydrogens (primary N) is 1. The van der Waals surface area contributed by atoms with Gasteiger partial charge in [-0.2, -0.15) is 0 Å². The zero-order valence-corrected chi connectivity index (χ0v) is 9.90. The molecule has 0 bridgehead atoms. The van der Waals surface area contributed by atoms with Gasteiger partial charge in [0.15, 0.2) is 0 Å². The Morgan fingerprint density at radius 2 is 1.72 bits per heavy atom. The van der Waals surface area contributed by atoms with E-state index >= 15 is 0 Å². The van der Waals surface area contributed by atoms with E-state index in [1.165, 1.54) is 12.1 Å². The van der Waals surface area contributed by atoms with Crippen LogP contribution in [0.1, 0.15) is 11.1 Å². The smallest absolute Gasteiger partial charge is 0.123 e. The second kappa shape index (κ2) is 4.10. The summed E-state index contributed by atoms with van der Waals surface area (Å²) in [5.74, 6) is -0.221. The first-order valence-corrected chi connectivity index (χ1v) is 5.90. The molecule has 2 aromatic carbocycles. The quantitative estimate of drug-likeness (QED) is 0.823. The molecule has 18 heavy (non-hydrogen) atoms. The monoisotopic (exact) mass is 243 g/mol. The van der Waals surface area contributed by atoms with Crippen molar-refractivity contribution < 1.29 is 9.13 Å². The van der Waals surface area contributed by atoms with E-state index in [1.807, 2.05) is 36.4 Å². The lowest BCUT2D eigenvalue weighted by atomic mass is 9.73. The number of benzene rings is 2. The van der Waals surface area contributed by atoms with Crippen LogP contribution in [0.2, 0.25) is 0 Å². The lowest BCUT2D eigenvalue weighted by Gasteiger charge is -2.42. The summed E-state index contributed by atoms with van der Waals surface area (Å²) in [6.45, 7) is 1.23. The van der Waals surface area contributed by atoms with Crippen LogP contribution in [0.3, 0.4) is 0 Å². The minimum atomic E-state index is -0.221. The Hall–Kier alpha value is -1.87. The summed E-state index contributed by atoms with van der Waals surface area (Å²) in [6, 6.07) is 14.4. The molecule has 0 amide bonds. The fourth-order valence-corrected chi connectivity index (χ4v) is 2.41. The third-order valence-electron chi connectivity index (χ3n) is 3.53. The van der Waals surface area contributed by atoms with Crippen LogP contribution in [-0.2, 0) is 10.2 Å². The van der Waals surface area contributed by atoms with E-state index in [-0.39, 0.29) is 11.2 Å². The predicted octanol–water partition coefficient (Wildman–Crippen LogP) is 2.72. The molecule has 2 aromatic rings. The SMILES string of the molecule is Nc1cccc(C2(c3ccc(F)cc3)COC2)c1. The van der Waals surface area contributed by atoms with Crippen molar-refractivity contribution >= 4 is 5.69 Å². The molecule has 0 aliphatic carbocycles. The van der Waals surface area contributed by atoms with Crippen LogP contribution in [0.25, 0.3) is 0 Å². The molecule has 2 nitrogen and oxygen atoms in total. The van der Waals surface area contributed by atoms with Crippen molar-refractivity contribution in [3.05, 3.63) is 65.5 Å². The van der Waals surface area contributed by atoms with E-state index in [2.05, 4.69) is 0 Å². The Morgan fingerprint density at radius 3 is 2.28 bits per heavy atom. The van der Waals surface area contributed by atoms with Gasteiger partial charge in [-0.1, -0.05) is 24.3 Å². The van der Waals surface area contributed by atoms with Crippen molar-refractivity contribution in [1.29, 1.82) is 0 Å². The molecule has 1 saturated heterocycles. The Kier molecular flexibility index (Phi) is 2.56. The van der Waals surface area contributed by atoms with Gasteiger partial charge in [0.05, 0.1) is 18.6 Å². The van der Waals surface area contributed by atoms with Crippen molar-refractivity contribution in [2.45, 2.75) is 5.41 Å². The number of rotatable bonds is 2. The maximum absolute atomic E-state index is 13.0.